The van der Waals surface area contributed by atoms with Gasteiger partial charge in [0.05, 0.1) is 35.6 Å². The third-order valence-corrected chi connectivity index (χ3v) is 7.32. The van der Waals surface area contributed by atoms with Crippen LogP contribution in [0, 0.1) is 0 Å². The van der Waals surface area contributed by atoms with Crippen molar-refractivity contribution < 1.29 is 22.7 Å². The van der Waals surface area contributed by atoms with Crippen LogP contribution in [0.15, 0.2) is 53.4 Å². The molecule has 0 saturated carbocycles. The van der Waals surface area contributed by atoms with Gasteiger partial charge in [0.25, 0.3) is 0 Å². The fourth-order valence-electron chi connectivity index (χ4n) is 3.71. The third-order valence-electron chi connectivity index (χ3n) is 5.42. The van der Waals surface area contributed by atoms with Gasteiger partial charge < -0.3 is 25.4 Å². The molecular formula is C22H28N4O5S. The standard InChI is InChI=1S/C22H28N4O5S/c27-22(24-17-5-2-1-3-6-17)25-21-15-19(32(28,29)26-10-13-30-14-11-26)8-9-20(21)23-16-18-7-4-12-31-18/h1-3,5-6,8-9,15,18,23H,4,7,10-14,16H2,(H2,24,25,27)/t18-/m1/s1. The number of urea groups is 1. The predicted molar refractivity (Wildman–Crippen MR) is 123 cm³/mol. The van der Waals surface area contributed by atoms with Gasteiger partial charge in [0, 0.05) is 31.9 Å². The van der Waals surface area contributed by atoms with E-state index in [1.165, 1.54) is 10.4 Å². The Morgan fingerprint density at radius 2 is 1.78 bits per heavy atom. The summed E-state index contributed by atoms with van der Waals surface area (Å²) in [4.78, 5) is 12.7. The van der Waals surface area contributed by atoms with Gasteiger partial charge in [-0.05, 0) is 43.2 Å². The van der Waals surface area contributed by atoms with Crippen molar-refractivity contribution in [3.05, 3.63) is 48.5 Å². The third kappa shape index (κ3) is 5.57. The summed E-state index contributed by atoms with van der Waals surface area (Å²) in [6.45, 7) is 2.66. The Morgan fingerprint density at radius 1 is 1.00 bits per heavy atom. The van der Waals surface area contributed by atoms with E-state index in [-0.39, 0.29) is 11.0 Å². The molecule has 0 aliphatic carbocycles. The molecule has 2 amide bonds. The molecule has 2 aromatic rings. The minimum Gasteiger partial charge on any atom is -0.381 e. The normalized spacial score (nSPS) is 19.4. The van der Waals surface area contributed by atoms with E-state index in [2.05, 4.69) is 16.0 Å². The summed E-state index contributed by atoms with van der Waals surface area (Å²) in [5.41, 5.74) is 1.64. The Bertz CT molecular complexity index is 1020. The van der Waals surface area contributed by atoms with Gasteiger partial charge in [-0.2, -0.15) is 4.31 Å². The van der Waals surface area contributed by atoms with E-state index in [9.17, 15) is 13.2 Å². The molecule has 9 nitrogen and oxygen atoms in total. The first-order valence-electron chi connectivity index (χ1n) is 10.7. The molecule has 1 atom stereocenters. The number of para-hydroxylation sites is 1. The second kappa shape index (κ2) is 10.3. The lowest BCUT2D eigenvalue weighted by Crippen LogP contribution is -2.40. The van der Waals surface area contributed by atoms with Gasteiger partial charge in [-0.3, -0.25) is 0 Å². The molecule has 2 aliphatic rings. The molecular weight excluding hydrogens is 432 g/mol. The summed E-state index contributed by atoms with van der Waals surface area (Å²) in [5.74, 6) is 0. The number of nitrogens with zero attached hydrogens (tertiary/aromatic N) is 1. The smallest absolute Gasteiger partial charge is 0.323 e. The molecule has 2 aromatic carbocycles. The minimum absolute atomic E-state index is 0.0951. The van der Waals surface area contributed by atoms with Crippen LogP contribution in [0.1, 0.15) is 12.8 Å². The summed E-state index contributed by atoms with van der Waals surface area (Å²) < 4.78 is 38.5. The molecule has 32 heavy (non-hydrogen) atoms. The summed E-state index contributed by atoms with van der Waals surface area (Å²) in [6, 6.07) is 13.3. The molecule has 2 fully saturated rings. The molecule has 2 heterocycles. The van der Waals surface area contributed by atoms with Crippen LogP contribution in [-0.4, -0.2) is 64.3 Å². The number of benzene rings is 2. The Hall–Kier alpha value is -2.66. The fraction of sp³-hybridized carbons (Fsp3) is 0.409. The van der Waals surface area contributed by atoms with Crippen LogP contribution < -0.4 is 16.0 Å². The van der Waals surface area contributed by atoms with Crippen LogP contribution in [0.2, 0.25) is 0 Å². The SMILES string of the molecule is O=C(Nc1ccccc1)Nc1cc(S(=O)(=O)N2CCOCC2)ccc1NC[C@H]1CCCO1. The van der Waals surface area contributed by atoms with Crippen LogP contribution in [0.5, 0.6) is 0 Å². The van der Waals surface area contributed by atoms with Crippen molar-refractivity contribution in [2.24, 2.45) is 0 Å². The van der Waals surface area contributed by atoms with Crippen molar-refractivity contribution in [1.29, 1.82) is 0 Å². The topological polar surface area (TPSA) is 109 Å². The molecule has 3 N–H and O–H groups in total. The molecule has 172 valence electrons. The number of amides is 2. The summed E-state index contributed by atoms with van der Waals surface area (Å²) in [5, 5.41) is 8.83. The molecule has 10 heteroatoms. The number of morpholine rings is 1. The monoisotopic (exact) mass is 460 g/mol. The molecule has 0 radical (unpaired) electrons. The molecule has 0 spiro atoms. The number of anilines is 3. The average molecular weight is 461 g/mol. The van der Waals surface area contributed by atoms with Crippen LogP contribution in [0.4, 0.5) is 21.9 Å². The first kappa shape index (κ1) is 22.5. The number of ether oxygens (including phenoxy) is 2. The van der Waals surface area contributed by atoms with E-state index in [1.54, 1.807) is 24.3 Å². The van der Waals surface area contributed by atoms with E-state index in [4.69, 9.17) is 9.47 Å². The van der Waals surface area contributed by atoms with Crippen molar-refractivity contribution in [2.75, 3.05) is 55.4 Å². The van der Waals surface area contributed by atoms with Gasteiger partial charge in [0.2, 0.25) is 10.0 Å². The number of hydrogen-bond acceptors (Lipinski definition) is 6. The highest BCUT2D eigenvalue weighted by Gasteiger charge is 2.27. The number of carbonyl (C=O) groups excluding carboxylic acids is 1. The minimum atomic E-state index is -3.70. The van der Waals surface area contributed by atoms with Gasteiger partial charge in [-0.25, -0.2) is 13.2 Å². The maximum atomic E-state index is 13.1. The van der Waals surface area contributed by atoms with E-state index in [0.717, 1.165) is 19.4 Å². The molecule has 0 aromatic heterocycles. The largest absolute Gasteiger partial charge is 0.381 e. The van der Waals surface area contributed by atoms with E-state index >= 15 is 0 Å². The van der Waals surface area contributed by atoms with Crippen molar-refractivity contribution in [2.45, 2.75) is 23.8 Å². The van der Waals surface area contributed by atoms with Gasteiger partial charge in [0.1, 0.15) is 0 Å². The number of hydrogen-bond donors (Lipinski definition) is 3. The predicted octanol–water partition coefficient (Wildman–Crippen LogP) is 2.94. The van der Waals surface area contributed by atoms with Crippen molar-refractivity contribution in [1.82, 2.24) is 4.31 Å². The molecule has 0 bridgehead atoms. The quantitative estimate of drug-likeness (QED) is 0.586. The second-order valence-electron chi connectivity index (χ2n) is 7.68. The maximum absolute atomic E-state index is 13.1. The van der Waals surface area contributed by atoms with Crippen LogP contribution in [-0.2, 0) is 19.5 Å². The Balaban J connectivity index is 1.55. The summed E-state index contributed by atoms with van der Waals surface area (Å²) in [7, 11) is -3.70. The Labute approximate surface area is 188 Å². The number of sulfonamides is 1. The highest BCUT2D eigenvalue weighted by molar-refractivity contribution is 7.89. The zero-order chi connectivity index (χ0) is 22.4. The fourth-order valence-corrected chi connectivity index (χ4v) is 5.15. The molecule has 2 aliphatic heterocycles. The lowest BCUT2D eigenvalue weighted by atomic mass is 10.2. The zero-order valence-electron chi connectivity index (χ0n) is 17.7. The summed E-state index contributed by atoms with van der Waals surface area (Å²) >= 11 is 0. The first-order valence-corrected chi connectivity index (χ1v) is 12.2. The first-order chi connectivity index (χ1) is 15.5. The number of carbonyl (C=O) groups is 1. The van der Waals surface area contributed by atoms with Gasteiger partial charge >= 0.3 is 6.03 Å². The Kier molecular flexibility index (Phi) is 7.26. The second-order valence-corrected chi connectivity index (χ2v) is 9.62. The van der Waals surface area contributed by atoms with Crippen molar-refractivity contribution >= 4 is 33.1 Å². The molecule has 0 unspecified atom stereocenters. The van der Waals surface area contributed by atoms with Gasteiger partial charge in [-0.1, -0.05) is 18.2 Å². The summed E-state index contributed by atoms with van der Waals surface area (Å²) in [6.07, 6.45) is 2.08. The number of rotatable bonds is 7. The van der Waals surface area contributed by atoms with Crippen molar-refractivity contribution in [3.8, 4) is 0 Å². The average Bonchev–Trinajstić information content (AvgIpc) is 3.33. The van der Waals surface area contributed by atoms with Gasteiger partial charge in [-0.15, -0.1) is 0 Å². The van der Waals surface area contributed by atoms with E-state index in [1.807, 2.05) is 18.2 Å². The highest BCUT2D eigenvalue weighted by atomic mass is 32.2. The van der Waals surface area contributed by atoms with Crippen molar-refractivity contribution in [3.63, 3.8) is 0 Å². The zero-order valence-corrected chi connectivity index (χ0v) is 18.6. The lowest BCUT2D eigenvalue weighted by Gasteiger charge is -2.26. The van der Waals surface area contributed by atoms with Crippen LogP contribution >= 0.6 is 0 Å². The van der Waals surface area contributed by atoms with E-state index in [0.29, 0.717) is 49.9 Å². The molecule has 2 saturated heterocycles. The van der Waals surface area contributed by atoms with Crippen LogP contribution in [0.25, 0.3) is 0 Å². The Morgan fingerprint density at radius 3 is 2.50 bits per heavy atom. The number of nitrogens with one attached hydrogen (secondary N) is 3. The molecule has 4 rings (SSSR count). The van der Waals surface area contributed by atoms with Gasteiger partial charge in [0.15, 0.2) is 0 Å². The van der Waals surface area contributed by atoms with Crippen LogP contribution in [0.3, 0.4) is 0 Å². The highest BCUT2D eigenvalue weighted by Crippen LogP contribution is 2.28. The lowest BCUT2D eigenvalue weighted by molar-refractivity contribution is 0.0730. The van der Waals surface area contributed by atoms with E-state index < -0.39 is 16.1 Å². The maximum Gasteiger partial charge on any atom is 0.323 e.